The highest BCUT2D eigenvalue weighted by Crippen LogP contribution is 2.29. The lowest BCUT2D eigenvalue weighted by atomic mass is 10.1. The van der Waals surface area contributed by atoms with Crippen molar-refractivity contribution < 1.29 is 22.7 Å². The summed E-state index contributed by atoms with van der Waals surface area (Å²) in [6, 6.07) is 13.5. The standard InChI is InChI=1S/C19H19F3N2O2/c20-19(21,22)16-9-5-10-17(23-16)26-15-12-24(13-15)18(25)11-4-8-14-6-2-1-3-7-14/h1-3,5-7,9-10,15H,4,8,11-13H2. The Balaban J connectivity index is 1.40. The van der Waals surface area contributed by atoms with Crippen molar-refractivity contribution in [1.29, 1.82) is 0 Å². The quantitative estimate of drug-likeness (QED) is 0.785. The van der Waals surface area contributed by atoms with Gasteiger partial charge in [-0.05, 0) is 24.5 Å². The van der Waals surface area contributed by atoms with Crippen molar-refractivity contribution in [2.45, 2.75) is 31.5 Å². The van der Waals surface area contributed by atoms with Gasteiger partial charge in [0.25, 0.3) is 0 Å². The van der Waals surface area contributed by atoms with Crippen LogP contribution < -0.4 is 4.74 Å². The SMILES string of the molecule is O=C(CCCc1ccccc1)N1CC(Oc2cccc(C(F)(F)F)n2)C1. The molecule has 3 rings (SSSR count). The number of nitrogens with zero attached hydrogens (tertiary/aromatic N) is 2. The van der Waals surface area contributed by atoms with Crippen LogP contribution in [0.1, 0.15) is 24.1 Å². The molecule has 1 aliphatic rings. The number of hydrogen-bond acceptors (Lipinski definition) is 3. The molecule has 1 saturated heterocycles. The van der Waals surface area contributed by atoms with Crippen LogP contribution in [0.3, 0.4) is 0 Å². The van der Waals surface area contributed by atoms with Crippen molar-refractivity contribution in [3.05, 3.63) is 59.8 Å². The number of amides is 1. The van der Waals surface area contributed by atoms with E-state index in [0.29, 0.717) is 19.5 Å². The van der Waals surface area contributed by atoms with Gasteiger partial charge in [0.2, 0.25) is 11.8 Å². The van der Waals surface area contributed by atoms with E-state index >= 15 is 0 Å². The predicted molar refractivity (Wildman–Crippen MR) is 89.6 cm³/mol. The molecule has 2 aromatic rings. The average Bonchev–Trinajstić information content (AvgIpc) is 2.58. The van der Waals surface area contributed by atoms with Crippen molar-refractivity contribution >= 4 is 5.91 Å². The maximum Gasteiger partial charge on any atom is 0.433 e. The molecule has 4 nitrogen and oxygen atoms in total. The van der Waals surface area contributed by atoms with E-state index < -0.39 is 11.9 Å². The molecule has 1 fully saturated rings. The van der Waals surface area contributed by atoms with Gasteiger partial charge in [-0.15, -0.1) is 0 Å². The fourth-order valence-electron chi connectivity index (χ4n) is 2.77. The molecule has 26 heavy (non-hydrogen) atoms. The molecule has 1 amide bonds. The minimum atomic E-state index is -4.50. The van der Waals surface area contributed by atoms with Gasteiger partial charge in [-0.1, -0.05) is 36.4 Å². The third-order valence-electron chi connectivity index (χ3n) is 4.20. The average molecular weight is 364 g/mol. The zero-order valence-electron chi connectivity index (χ0n) is 14.1. The number of ether oxygens (including phenoxy) is 1. The summed E-state index contributed by atoms with van der Waals surface area (Å²) in [4.78, 5) is 17.2. The van der Waals surface area contributed by atoms with Crippen molar-refractivity contribution in [1.82, 2.24) is 9.88 Å². The molecule has 0 N–H and O–H groups in total. The van der Waals surface area contributed by atoms with E-state index in [1.54, 1.807) is 4.90 Å². The number of carbonyl (C=O) groups excluding carboxylic acids is 1. The molecular formula is C19H19F3N2O2. The van der Waals surface area contributed by atoms with Crippen LogP contribution in [0, 0.1) is 0 Å². The molecule has 0 radical (unpaired) electrons. The van der Waals surface area contributed by atoms with Gasteiger partial charge < -0.3 is 9.64 Å². The topological polar surface area (TPSA) is 42.4 Å². The summed E-state index contributed by atoms with van der Waals surface area (Å²) in [5, 5.41) is 0. The summed E-state index contributed by atoms with van der Waals surface area (Å²) in [7, 11) is 0. The zero-order chi connectivity index (χ0) is 18.6. The van der Waals surface area contributed by atoms with E-state index in [1.807, 2.05) is 30.3 Å². The Morgan fingerprint density at radius 3 is 2.54 bits per heavy atom. The van der Waals surface area contributed by atoms with Gasteiger partial charge in [-0.3, -0.25) is 4.79 Å². The number of benzene rings is 1. The van der Waals surface area contributed by atoms with E-state index in [2.05, 4.69) is 4.98 Å². The lowest BCUT2D eigenvalue weighted by Gasteiger charge is -2.38. The second-order valence-corrected chi connectivity index (χ2v) is 6.24. The van der Waals surface area contributed by atoms with E-state index in [1.165, 1.54) is 17.7 Å². The highest BCUT2D eigenvalue weighted by atomic mass is 19.4. The molecule has 0 bridgehead atoms. The van der Waals surface area contributed by atoms with Crippen LogP contribution in [-0.4, -0.2) is 35.0 Å². The van der Waals surface area contributed by atoms with Crippen LogP contribution >= 0.6 is 0 Å². The summed E-state index contributed by atoms with van der Waals surface area (Å²) >= 11 is 0. The largest absolute Gasteiger partial charge is 0.471 e. The first-order valence-corrected chi connectivity index (χ1v) is 8.44. The first-order chi connectivity index (χ1) is 12.4. The predicted octanol–water partition coefficient (Wildman–Crippen LogP) is 3.71. The number of aromatic nitrogens is 1. The fraction of sp³-hybridized carbons (Fsp3) is 0.368. The number of halogens is 3. The zero-order valence-corrected chi connectivity index (χ0v) is 14.1. The summed E-state index contributed by atoms with van der Waals surface area (Å²) in [6.07, 6.45) is -2.76. The highest BCUT2D eigenvalue weighted by Gasteiger charge is 2.34. The first-order valence-electron chi connectivity index (χ1n) is 8.44. The van der Waals surface area contributed by atoms with Gasteiger partial charge in [0.15, 0.2) is 0 Å². The monoisotopic (exact) mass is 364 g/mol. The number of alkyl halides is 3. The lowest BCUT2D eigenvalue weighted by Crippen LogP contribution is -2.56. The Morgan fingerprint density at radius 2 is 1.85 bits per heavy atom. The highest BCUT2D eigenvalue weighted by molar-refractivity contribution is 5.77. The molecule has 1 aliphatic heterocycles. The number of aryl methyl sites for hydroxylation is 1. The van der Waals surface area contributed by atoms with Crippen molar-refractivity contribution in [2.24, 2.45) is 0 Å². The Kier molecular flexibility index (Phi) is 5.44. The summed E-state index contributed by atoms with van der Waals surface area (Å²) < 4.78 is 43.4. The maximum atomic E-state index is 12.6. The lowest BCUT2D eigenvalue weighted by molar-refractivity contribution is -0.142. The maximum absolute atomic E-state index is 12.6. The Hall–Kier alpha value is -2.57. The molecule has 2 heterocycles. The third-order valence-corrected chi connectivity index (χ3v) is 4.20. The summed E-state index contributed by atoms with van der Waals surface area (Å²) in [5.41, 5.74) is 0.212. The van der Waals surface area contributed by atoms with E-state index in [4.69, 9.17) is 4.74 Å². The van der Waals surface area contributed by atoms with Gasteiger partial charge in [0.1, 0.15) is 11.8 Å². The molecule has 0 saturated carbocycles. The minimum absolute atomic E-state index is 0.0396. The number of likely N-dealkylation sites (tertiary alicyclic amines) is 1. The molecule has 138 valence electrons. The second-order valence-electron chi connectivity index (χ2n) is 6.24. The second kappa shape index (κ2) is 7.76. The molecule has 0 aliphatic carbocycles. The number of pyridine rings is 1. The van der Waals surface area contributed by atoms with Gasteiger partial charge in [-0.2, -0.15) is 13.2 Å². The molecule has 0 unspecified atom stereocenters. The number of rotatable bonds is 6. The van der Waals surface area contributed by atoms with Crippen LogP contribution in [0.15, 0.2) is 48.5 Å². The first kappa shape index (κ1) is 18.2. The Morgan fingerprint density at radius 1 is 1.12 bits per heavy atom. The van der Waals surface area contributed by atoms with Crippen LogP contribution in [-0.2, 0) is 17.4 Å². The molecular weight excluding hydrogens is 345 g/mol. The minimum Gasteiger partial charge on any atom is -0.471 e. The molecule has 0 spiro atoms. The number of carbonyl (C=O) groups is 1. The number of hydrogen-bond donors (Lipinski definition) is 0. The molecule has 0 atom stereocenters. The van der Waals surface area contributed by atoms with Crippen LogP contribution in [0.4, 0.5) is 13.2 Å². The van der Waals surface area contributed by atoms with Gasteiger partial charge >= 0.3 is 6.18 Å². The molecule has 1 aromatic heterocycles. The smallest absolute Gasteiger partial charge is 0.433 e. The van der Waals surface area contributed by atoms with Gasteiger partial charge in [-0.25, -0.2) is 4.98 Å². The van der Waals surface area contributed by atoms with Crippen LogP contribution in [0.25, 0.3) is 0 Å². The van der Waals surface area contributed by atoms with Crippen molar-refractivity contribution in [3.63, 3.8) is 0 Å². The summed E-state index contributed by atoms with van der Waals surface area (Å²) in [5.74, 6) is -0.0289. The van der Waals surface area contributed by atoms with Gasteiger partial charge in [0.05, 0.1) is 13.1 Å². The van der Waals surface area contributed by atoms with Gasteiger partial charge in [0, 0.05) is 12.5 Å². The summed E-state index contributed by atoms with van der Waals surface area (Å²) in [6.45, 7) is 0.754. The van der Waals surface area contributed by atoms with E-state index in [9.17, 15) is 18.0 Å². The normalized spacial score (nSPS) is 14.8. The van der Waals surface area contributed by atoms with E-state index in [-0.39, 0.29) is 17.9 Å². The Labute approximate surface area is 149 Å². The molecule has 7 heteroatoms. The fourth-order valence-corrected chi connectivity index (χ4v) is 2.77. The molecule has 1 aromatic carbocycles. The van der Waals surface area contributed by atoms with Crippen molar-refractivity contribution in [3.8, 4) is 5.88 Å². The van der Waals surface area contributed by atoms with Crippen LogP contribution in [0.2, 0.25) is 0 Å². The van der Waals surface area contributed by atoms with Crippen LogP contribution in [0.5, 0.6) is 5.88 Å². The Bertz CT molecular complexity index is 744. The van der Waals surface area contributed by atoms with E-state index in [0.717, 1.165) is 18.9 Å². The van der Waals surface area contributed by atoms with Crippen molar-refractivity contribution in [2.75, 3.05) is 13.1 Å². The third kappa shape index (κ3) is 4.74.